The highest BCUT2D eigenvalue weighted by Gasteiger charge is 2.13. The molecule has 1 aliphatic rings. The van der Waals surface area contributed by atoms with Gasteiger partial charge in [-0.3, -0.25) is 5.43 Å². The first-order valence-corrected chi connectivity index (χ1v) is 5.03. The monoisotopic (exact) mass is 209 g/mol. The fourth-order valence-corrected chi connectivity index (χ4v) is 1.58. The molecule has 0 amide bonds. The van der Waals surface area contributed by atoms with E-state index in [2.05, 4.69) is 25.8 Å². The number of nitrogen functional groups attached to an aromatic ring is 2. The highest BCUT2D eigenvalue weighted by Crippen LogP contribution is 2.20. The van der Waals surface area contributed by atoms with E-state index < -0.39 is 0 Å². The third-order valence-corrected chi connectivity index (χ3v) is 2.45. The number of piperidine rings is 1. The molecule has 0 atom stereocenters. The summed E-state index contributed by atoms with van der Waals surface area (Å²) in [5.74, 6) is 0.703. The Bertz CT molecular complexity index is 334. The van der Waals surface area contributed by atoms with Crippen molar-refractivity contribution in [3.63, 3.8) is 0 Å². The summed E-state index contributed by atoms with van der Waals surface area (Å²) in [6.07, 6.45) is 3.64. The zero-order valence-electron chi connectivity index (χ0n) is 8.48. The van der Waals surface area contributed by atoms with E-state index >= 15 is 0 Å². The Labute approximate surface area is 87.8 Å². The van der Waals surface area contributed by atoms with Crippen molar-refractivity contribution in [2.75, 3.05) is 30.0 Å². The Kier molecular flexibility index (Phi) is 2.82. The van der Waals surface area contributed by atoms with Gasteiger partial charge in [0.25, 0.3) is 0 Å². The van der Waals surface area contributed by atoms with Crippen LogP contribution in [0.3, 0.4) is 0 Å². The predicted octanol–water partition coefficient (Wildman–Crippen LogP) is -0.151. The van der Waals surface area contributed by atoms with Crippen molar-refractivity contribution in [3.05, 3.63) is 0 Å². The van der Waals surface area contributed by atoms with Gasteiger partial charge in [-0.1, -0.05) is 6.42 Å². The van der Waals surface area contributed by atoms with Crippen molar-refractivity contribution in [2.24, 2.45) is 0 Å². The van der Waals surface area contributed by atoms with Crippen LogP contribution in [0.5, 0.6) is 0 Å². The fraction of sp³-hybridized carbons (Fsp3) is 0.625. The maximum atomic E-state index is 5.72. The lowest BCUT2D eigenvalue weighted by molar-refractivity contribution is 0.272. The molecule has 0 spiro atoms. The summed E-state index contributed by atoms with van der Waals surface area (Å²) in [5, 5.41) is 13.0. The average molecular weight is 209 g/mol. The summed E-state index contributed by atoms with van der Waals surface area (Å²) in [6.45, 7) is 1.98. The fourth-order valence-electron chi connectivity index (χ4n) is 1.58. The number of rotatable bonds is 2. The number of anilines is 3. The van der Waals surface area contributed by atoms with Crippen LogP contribution in [-0.2, 0) is 0 Å². The summed E-state index contributed by atoms with van der Waals surface area (Å²) in [7, 11) is 0. The van der Waals surface area contributed by atoms with E-state index in [1.807, 2.05) is 0 Å². The number of aromatic nitrogens is 3. The Balaban J connectivity index is 2.06. The van der Waals surface area contributed by atoms with Gasteiger partial charge in [-0.2, -0.15) is 0 Å². The summed E-state index contributed by atoms with van der Waals surface area (Å²) >= 11 is 0. The summed E-state index contributed by atoms with van der Waals surface area (Å²) in [4.78, 5) is 0. The second-order valence-electron chi connectivity index (χ2n) is 3.60. The van der Waals surface area contributed by atoms with E-state index in [1.54, 1.807) is 0 Å². The summed E-state index contributed by atoms with van der Waals surface area (Å²) < 4.78 is 0. The molecule has 0 aromatic carbocycles. The van der Waals surface area contributed by atoms with E-state index in [4.69, 9.17) is 11.5 Å². The number of nitrogens with two attached hydrogens (primary N) is 2. The van der Waals surface area contributed by atoms with Crippen LogP contribution < -0.4 is 16.9 Å². The van der Waals surface area contributed by atoms with Crippen LogP contribution in [0, 0.1) is 0 Å². The highest BCUT2D eigenvalue weighted by atomic mass is 15.5. The quantitative estimate of drug-likeness (QED) is 0.621. The molecule has 0 aliphatic carbocycles. The molecule has 7 nitrogen and oxygen atoms in total. The Morgan fingerprint density at radius 2 is 1.80 bits per heavy atom. The number of nitrogens with zero attached hydrogens (tertiary/aromatic N) is 4. The van der Waals surface area contributed by atoms with Gasteiger partial charge in [0.15, 0.2) is 11.6 Å². The average Bonchev–Trinajstić information content (AvgIpc) is 2.26. The second-order valence-corrected chi connectivity index (χ2v) is 3.60. The number of hydrogen-bond acceptors (Lipinski definition) is 7. The van der Waals surface area contributed by atoms with Crippen LogP contribution in [0.15, 0.2) is 0 Å². The number of nitrogens with one attached hydrogen (secondary N) is 1. The van der Waals surface area contributed by atoms with Crippen LogP contribution in [-0.4, -0.2) is 33.5 Å². The zero-order chi connectivity index (χ0) is 10.7. The molecule has 5 N–H and O–H groups in total. The van der Waals surface area contributed by atoms with Gasteiger partial charge >= 0.3 is 0 Å². The van der Waals surface area contributed by atoms with Crippen molar-refractivity contribution in [1.29, 1.82) is 0 Å². The van der Waals surface area contributed by atoms with Gasteiger partial charge in [0.05, 0.1) is 0 Å². The zero-order valence-corrected chi connectivity index (χ0v) is 8.48. The van der Waals surface area contributed by atoms with Crippen LogP contribution in [0.4, 0.5) is 17.3 Å². The third kappa shape index (κ3) is 2.24. The first-order valence-electron chi connectivity index (χ1n) is 5.03. The molecule has 82 valence electrons. The van der Waals surface area contributed by atoms with Crippen LogP contribution >= 0.6 is 0 Å². The topological polar surface area (TPSA) is 106 Å². The molecule has 1 aliphatic heterocycles. The van der Waals surface area contributed by atoms with Crippen LogP contribution in [0.25, 0.3) is 0 Å². The Morgan fingerprint density at radius 3 is 2.53 bits per heavy atom. The lowest BCUT2D eigenvalue weighted by atomic mass is 10.2. The lowest BCUT2D eigenvalue weighted by Crippen LogP contribution is -2.35. The van der Waals surface area contributed by atoms with Crippen molar-refractivity contribution < 1.29 is 0 Å². The molecule has 1 fully saturated rings. The Hall–Kier alpha value is -1.63. The van der Waals surface area contributed by atoms with Crippen molar-refractivity contribution in [1.82, 2.24) is 20.4 Å². The highest BCUT2D eigenvalue weighted by molar-refractivity contribution is 5.71. The molecule has 0 bridgehead atoms. The van der Waals surface area contributed by atoms with Gasteiger partial charge in [-0.15, -0.1) is 10.2 Å². The molecule has 1 aromatic rings. The molecule has 15 heavy (non-hydrogen) atoms. The lowest BCUT2D eigenvalue weighted by Gasteiger charge is -2.27. The molecule has 1 aromatic heterocycles. The molecule has 0 saturated carbocycles. The van der Waals surface area contributed by atoms with Gasteiger partial charge in [-0.05, 0) is 18.1 Å². The van der Waals surface area contributed by atoms with E-state index in [0.29, 0.717) is 11.5 Å². The van der Waals surface area contributed by atoms with E-state index in [-0.39, 0.29) is 5.82 Å². The second kappa shape index (κ2) is 4.26. The molecule has 2 heterocycles. The number of hydrogen-bond donors (Lipinski definition) is 3. The van der Waals surface area contributed by atoms with Gasteiger partial charge in [0.2, 0.25) is 0 Å². The molecule has 0 unspecified atom stereocenters. The first kappa shape index (κ1) is 9.91. The minimum absolute atomic E-state index is 0.213. The maximum Gasteiger partial charge on any atom is 0.191 e. The molecule has 7 heteroatoms. The SMILES string of the molecule is Nc1nnnc(NN2CCCCC2)c1N. The van der Waals surface area contributed by atoms with E-state index in [1.165, 1.54) is 19.3 Å². The normalized spacial score (nSPS) is 17.6. The van der Waals surface area contributed by atoms with Gasteiger partial charge in [0, 0.05) is 13.1 Å². The third-order valence-electron chi connectivity index (χ3n) is 2.45. The molecular formula is C8H15N7. The Morgan fingerprint density at radius 1 is 1.07 bits per heavy atom. The van der Waals surface area contributed by atoms with Crippen molar-refractivity contribution in [2.45, 2.75) is 19.3 Å². The molecule has 2 rings (SSSR count). The van der Waals surface area contributed by atoms with Crippen LogP contribution in [0.1, 0.15) is 19.3 Å². The summed E-state index contributed by atoms with van der Waals surface area (Å²) in [5.41, 5.74) is 14.7. The largest absolute Gasteiger partial charge is 0.393 e. The molecular weight excluding hydrogens is 194 g/mol. The minimum Gasteiger partial charge on any atom is -0.393 e. The smallest absolute Gasteiger partial charge is 0.191 e. The minimum atomic E-state index is 0.213. The van der Waals surface area contributed by atoms with Gasteiger partial charge in [0.1, 0.15) is 5.69 Å². The van der Waals surface area contributed by atoms with E-state index in [0.717, 1.165) is 13.1 Å². The number of hydrazine groups is 1. The van der Waals surface area contributed by atoms with Gasteiger partial charge in [-0.25, -0.2) is 5.01 Å². The van der Waals surface area contributed by atoms with E-state index in [9.17, 15) is 0 Å². The standard InChI is InChI=1S/C8H15N7/c9-6-7(10)11-14-12-8(6)13-15-4-2-1-3-5-15/h1-5H2,(H2,9,14)(H3,10,11,12,13). The predicted molar refractivity (Wildman–Crippen MR) is 57.7 cm³/mol. The maximum absolute atomic E-state index is 5.72. The molecule has 1 saturated heterocycles. The first-order chi connectivity index (χ1) is 7.27. The summed E-state index contributed by atoms with van der Waals surface area (Å²) in [6, 6.07) is 0. The van der Waals surface area contributed by atoms with Crippen molar-refractivity contribution >= 4 is 17.3 Å². The van der Waals surface area contributed by atoms with Crippen LogP contribution in [0.2, 0.25) is 0 Å². The molecule has 0 radical (unpaired) electrons. The van der Waals surface area contributed by atoms with Crippen molar-refractivity contribution in [3.8, 4) is 0 Å². The van der Waals surface area contributed by atoms with Gasteiger partial charge < -0.3 is 11.5 Å².